The van der Waals surface area contributed by atoms with Crippen molar-refractivity contribution in [3.63, 3.8) is 0 Å². The molecule has 0 spiro atoms. The van der Waals surface area contributed by atoms with Gasteiger partial charge in [0.15, 0.2) is 0 Å². The molecule has 6 nitrogen and oxygen atoms in total. The van der Waals surface area contributed by atoms with Crippen molar-refractivity contribution in [2.24, 2.45) is 56.7 Å². The molecule has 1 heterocycles. The molecule has 4 saturated carbocycles. The van der Waals surface area contributed by atoms with Crippen LogP contribution in [0.3, 0.4) is 0 Å². The fraction of sp³-hybridized carbons (Fsp3) is 0.767. The fourth-order valence-corrected chi connectivity index (χ4v) is 13.8. The monoisotopic (exact) mass is 740 g/mol. The lowest BCUT2D eigenvalue weighted by Gasteiger charge is -2.71. The molecule has 1 aliphatic heterocycles. The molecule has 10 unspecified atom stereocenters. The van der Waals surface area contributed by atoms with Gasteiger partial charge in [-0.15, -0.1) is 0 Å². The smallest absolute Gasteiger partial charge is 0.312 e. The van der Waals surface area contributed by atoms with Crippen molar-refractivity contribution in [3.05, 3.63) is 45.5 Å². The van der Waals surface area contributed by atoms with Crippen LogP contribution in [0.25, 0.3) is 0 Å². The van der Waals surface area contributed by atoms with E-state index < -0.39 is 5.41 Å². The van der Waals surface area contributed by atoms with Crippen LogP contribution in [-0.4, -0.2) is 72.2 Å². The number of aliphatic hydroxyl groups is 1. The van der Waals surface area contributed by atoms with Crippen molar-refractivity contribution in [2.45, 2.75) is 112 Å². The molecule has 1 aromatic rings. The molecule has 6 aliphatic rings. The van der Waals surface area contributed by atoms with Crippen LogP contribution in [0.2, 0.25) is 10.0 Å². The molecule has 0 bridgehead atoms. The zero-order valence-electron chi connectivity index (χ0n) is 32.2. The third-order valence-electron chi connectivity index (χ3n) is 16.9. The highest BCUT2D eigenvalue weighted by Crippen LogP contribution is 2.75. The van der Waals surface area contributed by atoms with Gasteiger partial charge in [-0.25, -0.2) is 0 Å². The number of hydrogen-bond acceptors (Lipinski definition) is 5. The summed E-state index contributed by atoms with van der Waals surface area (Å²) in [6, 6.07) is 5.15. The van der Waals surface area contributed by atoms with Gasteiger partial charge in [0, 0.05) is 32.7 Å². The number of hydrogen-bond donors (Lipinski definition) is 1. The third kappa shape index (κ3) is 5.68. The van der Waals surface area contributed by atoms with E-state index in [0.29, 0.717) is 78.6 Å². The summed E-state index contributed by atoms with van der Waals surface area (Å²) < 4.78 is 6.32. The van der Waals surface area contributed by atoms with E-state index in [1.807, 2.05) is 4.90 Å². The number of amides is 1. The molecule has 1 saturated heterocycles. The van der Waals surface area contributed by atoms with Crippen molar-refractivity contribution >= 4 is 35.1 Å². The van der Waals surface area contributed by atoms with Crippen molar-refractivity contribution < 1.29 is 19.4 Å². The first-order valence-corrected chi connectivity index (χ1v) is 20.8. The minimum atomic E-state index is -0.460. The van der Waals surface area contributed by atoms with Crippen LogP contribution in [0, 0.1) is 56.7 Å². The molecule has 1 N–H and O–H groups in total. The Morgan fingerprint density at radius 2 is 1.57 bits per heavy atom. The van der Waals surface area contributed by atoms with Crippen LogP contribution in [-0.2, 0) is 9.53 Å². The molecule has 5 aliphatic carbocycles. The molecule has 1 amide bonds. The number of piperazine rings is 1. The van der Waals surface area contributed by atoms with E-state index in [-0.39, 0.29) is 45.6 Å². The average Bonchev–Trinajstić information content (AvgIpc) is 3.08. The van der Waals surface area contributed by atoms with Crippen molar-refractivity contribution in [1.82, 2.24) is 9.80 Å². The molecule has 8 heteroatoms. The zero-order valence-corrected chi connectivity index (χ0v) is 33.7. The van der Waals surface area contributed by atoms with Gasteiger partial charge in [-0.05, 0) is 121 Å². The Morgan fingerprint density at radius 3 is 2.25 bits per heavy atom. The van der Waals surface area contributed by atoms with E-state index in [9.17, 15) is 14.7 Å². The number of fused-ring (bicyclic) bond motifs is 7. The summed E-state index contributed by atoms with van der Waals surface area (Å²) in [7, 11) is 0. The Bertz CT molecular complexity index is 1550. The molecule has 0 radical (unpaired) electrons. The molecule has 5 fully saturated rings. The highest BCUT2D eigenvalue weighted by molar-refractivity contribution is 6.39. The first-order chi connectivity index (χ1) is 24.0. The maximum absolute atomic E-state index is 14.5. The third-order valence-corrected chi connectivity index (χ3v) is 17.5. The minimum Gasteiger partial charge on any atom is -0.464 e. The lowest BCUT2D eigenvalue weighted by atomic mass is 9.33. The Balaban J connectivity index is 1.05. The van der Waals surface area contributed by atoms with Gasteiger partial charge in [0.05, 0.1) is 27.1 Å². The van der Waals surface area contributed by atoms with Crippen LogP contribution in [0.15, 0.2) is 29.8 Å². The highest BCUT2D eigenvalue weighted by Gasteiger charge is 2.69. The Kier molecular flexibility index (Phi) is 9.84. The van der Waals surface area contributed by atoms with Gasteiger partial charge in [-0.1, -0.05) is 89.4 Å². The van der Waals surface area contributed by atoms with Gasteiger partial charge in [0.25, 0.3) is 5.91 Å². The summed E-state index contributed by atoms with van der Waals surface area (Å²) in [6.45, 7) is 20.8. The van der Waals surface area contributed by atoms with Crippen LogP contribution in [0.1, 0.15) is 117 Å². The van der Waals surface area contributed by atoms with Crippen molar-refractivity contribution in [1.29, 1.82) is 0 Å². The second kappa shape index (κ2) is 13.3. The SMILES string of the molecule is CC1CCC2(C(=O)OCCN3CCN(C(=O)c4c(Cl)cccc4Cl)CC3)CCC3(C)C(=CCC4C5(C)CCC(O)C(C)(C)C5CCC43C)C2C1C. The molecule has 7 rings (SSSR count). The van der Waals surface area contributed by atoms with E-state index in [1.54, 1.807) is 23.8 Å². The number of aliphatic hydroxyl groups excluding tert-OH is 1. The highest BCUT2D eigenvalue weighted by atomic mass is 35.5. The summed E-state index contributed by atoms with van der Waals surface area (Å²) in [5, 5.41) is 11.8. The minimum absolute atomic E-state index is 0.0161. The summed E-state index contributed by atoms with van der Waals surface area (Å²) >= 11 is 12.6. The van der Waals surface area contributed by atoms with Crippen LogP contribution in [0.5, 0.6) is 0 Å². The Hall–Kier alpha value is -1.60. The molecular weight excluding hydrogens is 679 g/mol. The van der Waals surface area contributed by atoms with Crippen molar-refractivity contribution in [3.8, 4) is 0 Å². The van der Waals surface area contributed by atoms with Gasteiger partial charge in [-0.3, -0.25) is 14.5 Å². The molecule has 51 heavy (non-hydrogen) atoms. The number of benzene rings is 1. The molecule has 282 valence electrons. The van der Waals surface area contributed by atoms with Gasteiger partial charge in [0.1, 0.15) is 6.61 Å². The lowest BCUT2D eigenvalue weighted by molar-refractivity contribution is -0.207. The first-order valence-electron chi connectivity index (χ1n) is 20.0. The summed E-state index contributed by atoms with van der Waals surface area (Å²) in [5.74, 6) is 2.20. The molecule has 10 atom stereocenters. The summed E-state index contributed by atoms with van der Waals surface area (Å²) in [4.78, 5) is 31.8. The Morgan fingerprint density at radius 1 is 0.882 bits per heavy atom. The average molecular weight is 742 g/mol. The Labute approximate surface area is 317 Å². The number of carbonyl (C=O) groups is 2. The van der Waals surface area contributed by atoms with E-state index in [2.05, 4.69) is 59.4 Å². The molecule has 1 aromatic carbocycles. The summed E-state index contributed by atoms with van der Waals surface area (Å²) in [5.41, 5.74) is 1.84. The number of esters is 1. The van der Waals surface area contributed by atoms with E-state index in [1.165, 1.54) is 12.8 Å². The predicted octanol–water partition coefficient (Wildman–Crippen LogP) is 9.31. The van der Waals surface area contributed by atoms with Gasteiger partial charge in [0.2, 0.25) is 0 Å². The van der Waals surface area contributed by atoms with Crippen molar-refractivity contribution in [2.75, 3.05) is 39.3 Å². The van der Waals surface area contributed by atoms with Gasteiger partial charge < -0.3 is 14.7 Å². The second-order valence-corrected chi connectivity index (χ2v) is 19.9. The number of allylic oxidation sites excluding steroid dienone is 2. The lowest BCUT2D eigenvalue weighted by Crippen LogP contribution is -2.65. The zero-order chi connectivity index (χ0) is 36.7. The molecule has 0 aromatic heterocycles. The maximum Gasteiger partial charge on any atom is 0.312 e. The van der Waals surface area contributed by atoms with Crippen LogP contribution in [0.4, 0.5) is 0 Å². The fourth-order valence-electron chi connectivity index (χ4n) is 13.3. The number of rotatable bonds is 5. The van der Waals surface area contributed by atoms with Gasteiger partial charge >= 0.3 is 5.97 Å². The van der Waals surface area contributed by atoms with E-state index in [0.717, 1.165) is 44.9 Å². The number of halogens is 2. The first kappa shape index (κ1) is 37.7. The van der Waals surface area contributed by atoms with Gasteiger partial charge in [-0.2, -0.15) is 0 Å². The van der Waals surface area contributed by atoms with Crippen LogP contribution >= 0.6 is 23.2 Å². The van der Waals surface area contributed by atoms with E-state index >= 15 is 0 Å². The van der Waals surface area contributed by atoms with Crippen LogP contribution < -0.4 is 0 Å². The predicted molar refractivity (Wildman–Crippen MR) is 205 cm³/mol. The molecular formula is C43H62Cl2N2O4. The standard InChI is InChI=1S/C43H62Cl2N2O4/c1-27-13-18-43(38(50)51-26-25-46-21-23-47(24-22-46)37(49)35-30(44)9-8-10-31(35)45)20-19-41(6)29(36(43)28(27)2)11-12-33-40(5)16-15-34(48)39(3,4)32(40)14-17-42(33,41)7/h8-11,27-28,32-34,36,48H,12-26H2,1-7H3. The summed E-state index contributed by atoms with van der Waals surface area (Å²) in [6.07, 6.45) is 11.8. The largest absolute Gasteiger partial charge is 0.464 e. The number of ether oxygens (including phenoxy) is 1. The van der Waals surface area contributed by atoms with E-state index in [4.69, 9.17) is 27.9 Å². The normalized spacial score (nSPS) is 42.1. The number of nitrogens with zero attached hydrogens (tertiary/aromatic N) is 2. The second-order valence-electron chi connectivity index (χ2n) is 19.0. The quantitative estimate of drug-likeness (QED) is 0.241. The number of carbonyl (C=O) groups excluding carboxylic acids is 2. The maximum atomic E-state index is 14.5. The topological polar surface area (TPSA) is 70.1 Å².